The second-order valence-corrected chi connectivity index (χ2v) is 7.20. The number of piperazine rings is 1. The first-order chi connectivity index (χ1) is 9.86. The summed E-state index contributed by atoms with van der Waals surface area (Å²) in [4.78, 5) is 13.4. The van der Waals surface area contributed by atoms with Crippen LogP contribution >= 0.6 is 0 Å². The van der Waals surface area contributed by atoms with Crippen molar-refractivity contribution in [2.45, 2.75) is 24.8 Å². The topological polar surface area (TPSA) is 82.9 Å². The Morgan fingerprint density at radius 2 is 1.90 bits per heavy atom. The van der Waals surface area contributed by atoms with Crippen molar-refractivity contribution in [3.63, 3.8) is 0 Å². The summed E-state index contributed by atoms with van der Waals surface area (Å²) in [7, 11) is -1.67. The van der Waals surface area contributed by atoms with Crippen molar-refractivity contribution in [1.29, 1.82) is 0 Å². The van der Waals surface area contributed by atoms with Gasteiger partial charge in [0.1, 0.15) is 10.6 Å². The van der Waals surface area contributed by atoms with Gasteiger partial charge in [0.15, 0.2) is 0 Å². The Labute approximate surface area is 124 Å². The molecule has 21 heavy (non-hydrogen) atoms. The van der Waals surface area contributed by atoms with Crippen molar-refractivity contribution in [2.24, 2.45) is 0 Å². The van der Waals surface area contributed by atoms with Gasteiger partial charge in [-0.1, -0.05) is 6.92 Å². The van der Waals surface area contributed by atoms with Crippen molar-refractivity contribution in [3.05, 3.63) is 18.0 Å². The molecular weight excluding hydrogens is 294 g/mol. The third-order valence-electron chi connectivity index (χ3n) is 3.66. The zero-order chi connectivity index (χ0) is 15.6. The second kappa shape index (κ2) is 6.17. The van der Waals surface area contributed by atoms with Crippen molar-refractivity contribution < 1.29 is 18.3 Å². The van der Waals surface area contributed by atoms with Gasteiger partial charge in [-0.15, -0.1) is 0 Å². The molecule has 0 unspecified atom stereocenters. The molecule has 1 N–H and O–H groups in total. The van der Waals surface area contributed by atoms with Crippen LogP contribution in [0.25, 0.3) is 0 Å². The predicted octanol–water partition coefficient (Wildman–Crippen LogP) is 0.532. The number of carboxylic acid groups (broad SMARTS) is 1. The van der Waals surface area contributed by atoms with Crippen LogP contribution in [-0.4, -0.2) is 66.5 Å². The molecule has 1 saturated heterocycles. The predicted molar refractivity (Wildman–Crippen MR) is 77.9 cm³/mol. The maximum absolute atomic E-state index is 12.6. The number of aryl methyl sites for hydroxylation is 1. The Balaban J connectivity index is 2.32. The fraction of sp³-hybridized carbons (Fsp3) is 0.615. The molecule has 0 radical (unpaired) electrons. The smallest absolute Gasteiger partial charge is 0.352 e. The molecular formula is C13H21N3O4S. The van der Waals surface area contributed by atoms with Gasteiger partial charge >= 0.3 is 5.97 Å². The summed E-state index contributed by atoms with van der Waals surface area (Å²) in [6.07, 6.45) is 2.17. The number of hydrogen-bond acceptors (Lipinski definition) is 4. The number of carbonyl (C=O) groups is 1. The van der Waals surface area contributed by atoms with Gasteiger partial charge in [-0.3, -0.25) is 0 Å². The Morgan fingerprint density at radius 1 is 1.29 bits per heavy atom. The quantitative estimate of drug-likeness (QED) is 0.857. The van der Waals surface area contributed by atoms with Crippen LogP contribution in [0.5, 0.6) is 0 Å². The number of nitrogens with zero attached hydrogens (tertiary/aromatic N) is 3. The Kier molecular flexibility index (Phi) is 4.70. The van der Waals surface area contributed by atoms with Crippen LogP contribution in [0.2, 0.25) is 0 Å². The molecule has 2 rings (SSSR count). The largest absolute Gasteiger partial charge is 0.477 e. The lowest BCUT2D eigenvalue weighted by molar-refractivity contribution is 0.0685. The third kappa shape index (κ3) is 3.28. The van der Waals surface area contributed by atoms with Crippen LogP contribution in [0.1, 0.15) is 23.8 Å². The average Bonchev–Trinajstić information content (AvgIpc) is 2.84. The lowest BCUT2D eigenvalue weighted by Crippen LogP contribution is -2.46. The van der Waals surface area contributed by atoms with E-state index in [2.05, 4.69) is 4.90 Å². The molecule has 1 aliphatic heterocycles. The molecule has 0 atom stereocenters. The maximum atomic E-state index is 12.6. The minimum absolute atomic E-state index is 0.0181. The molecule has 0 saturated carbocycles. The van der Waals surface area contributed by atoms with Gasteiger partial charge in [0.25, 0.3) is 0 Å². The van der Waals surface area contributed by atoms with Crippen LogP contribution in [0.3, 0.4) is 0 Å². The molecule has 7 nitrogen and oxygen atoms in total. The van der Waals surface area contributed by atoms with E-state index in [1.54, 1.807) is 0 Å². The van der Waals surface area contributed by atoms with Gasteiger partial charge in [-0.05, 0) is 19.5 Å². The van der Waals surface area contributed by atoms with E-state index in [4.69, 9.17) is 0 Å². The van der Waals surface area contributed by atoms with Gasteiger partial charge in [0, 0.05) is 38.9 Å². The molecule has 2 heterocycles. The number of likely N-dealkylation sites (N-methyl/N-ethyl adjacent to an activating group) is 1. The van der Waals surface area contributed by atoms with E-state index < -0.39 is 16.0 Å². The number of sulfonamides is 1. The number of hydrogen-bond donors (Lipinski definition) is 1. The highest BCUT2D eigenvalue weighted by Gasteiger charge is 2.29. The zero-order valence-corrected chi connectivity index (χ0v) is 13.1. The summed E-state index contributed by atoms with van der Waals surface area (Å²) in [5, 5.41) is 9.18. The third-order valence-corrected chi connectivity index (χ3v) is 5.52. The molecule has 1 aliphatic rings. The molecule has 1 aromatic rings. The summed E-state index contributed by atoms with van der Waals surface area (Å²) in [5.41, 5.74) is 0.0181. The van der Waals surface area contributed by atoms with Crippen molar-refractivity contribution in [3.8, 4) is 0 Å². The number of aromatic nitrogens is 1. The molecule has 1 fully saturated rings. The van der Waals surface area contributed by atoms with Crippen LogP contribution in [-0.2, 0) is 16.6 Å². The summed E-state index contributed by atoms with van der Waals surface area (Å²) in [5.74, 6) is -1.11. The molecule has 0 aliphatic carbocycles. The standard InChI is InChI=1S/C13H21N3O4S/c1-3-4-15-10-11(9-12(15)13(17)18)21(19,20)16-7-5-14(2)6-8-16/h9-10H,3-8H2,1-2H3,(H,17,18). The number of rotatable bonds is 5. The minimum Gasteiger partial charge on any atom is -0.477 e. The fourth-order valence-electron chi connectivity index (χ4n) is 2.41. The fourth-order valence-corrected chi connectivity index (χ4v) is 3.87. The van der Waals surface area contributed by atoms with E-state index in [1.807, 2.05) is 14.0 Å². The van der Waals surface area contributed by atoms with Gasteiger partial charge < -0.3 is 14.6 Å². The van der Waals surface area contributed by atoms with Crippen LogP contribution < -0.4 is 0 Å². The SMILES string of the molecule is CCCn1cc(S(=O)(=O)N2CCN(C)CC2)cc1C(=O)O. The number of aromatic carboxylic acids is 1. The highest BCUT2D eigenvalue weighted by molar-refractivity contribution is 7.89. The first kappa shape index (κ1) is 16.0. The zero-order valence-electron chi connectivity index (χ0n) is 12.3. The first-order valence-electron chi connectivity index (χ1n) is 6.98. The molecule has 118 valence electrons. The normalized spacial score (nSPS) is 18.0. The van der Waals surface area contributed by atoms with E-state index in [1.165, 1.54) is 21.1 Å². The molecule has 8 heteroatoms. The Morgan fingerprint density at radius 3 is 2.43 bits per heavy atom. The van der Waals surface area contributed by atoms with Crippen LogP contribution in [0, 0.1) is 0 Å². The van der Waals surface area contributed by atoms with Gasteiger partial charge in [-0.2, -0.15) is 4.31 Å². The average molecular weight is 315 g/mol. The summed E-state index contributed by atoms with van der Waals surface area (Å²) >= 11 is 0. The van der Waals surface area contributed by atoms with Crippen LogP contribution in [0.4, 0.5) is 0 Å². The van der Waals surface area contributed by atoms with E-state index in [0.717, 1.165) is 6.42 Å². The van der Waals surface area contributed by atoms with E-state index in [0.29, 0.717) is 32.7 Å². The lowest BCUT2D eigenvalue weighted by Gasteiger charge is -2.31. The second-order valence-electron chi connectivity index (χ2n) is 5.27. The Hall–Kier alpha value is -1.38. The summed E-state index contributed by atoms with van der Waals surface area (Å²) in [6.45, 7) is 4.63. The van der Waals surface area contributed by atoms with E-state index in [-0.39, 0.29) is 10.6 Å². The molecule has 0 aromatic carbocycles. The van der Waals surface area contributed by atoms with Crippen molar-refractivity contribution >= 4 is 16.0 Å². The van der Waals surface area contributed by atoms with Gasteiger partial charge in [-0.25, -0.2) is 13.2 Å². The number of carboxylic acids is 1. The van der Waals surface area contributed by atoms with Gasteiger partial charge in [0.2, 0.25) is 10.0 Å². The highest BCUT2D eigenvalue weighted by atomic mass is 32.2. The van der Waals surface area contributed by atoms with Crippen molar-refractivity contribution in [1.82, 2.24) is 13.8 Å². The minimum atomic E-state index is -3.62. The van der Waals surface area contributed by atoms with Crippen LogP contribution in [0.15, 0.2) is 17.2 Å². The molecule has 1 aromatic heterocycles. The highest BCUT2D eigenvalue weighted by Crippen LogP contribution is 2.20. The molecule has 0 amide bonds. The summed E-state index contributed by atoms with van der Waals surface area (Å²) < 4.78 is 28.1. The molecule has 0 bridgehead atoms. The van der Waals surface area contributed by atoms with Crippen molar-refractivity contribution in [2.75, 3.05) is 33.2 Å². The van der Waals surface area contributed by atoms with E-state index in [9.17, 15) is 18.3 Å². The first-order valence-corrected chi connectivity index (χ1v) is 8.42. The monoisotopic (exact) mass is 315 g/mol. The maximum Gasteiger partial charge on any atom is 0.352 e. The summed E-state index contributed by atoms with van der Waals surface area (Å²) in [6, 6.07) is 1.26. The van der Waals surface area contributed by atoms with E-state index >= 15 is 0 Å². The lowest BCUT2D eigenvalue weighted by atomic mass is 10.4. The molecule has 0 spiro atoms. The Bertz CT molecular complexity index is 615. The van der Waals surface area contributed by atoms with Gasteiger partial charge in [0.05, 0.1) is 0 Å².